The largest absolute Gasteiger partial charge is 0.392 e. The highest BCUT2D eigenvalue weighted by Gasteiger charge is 2.45. The normalized spacial score (nSPS) is 35.5. The number of thiocarbonyl (C=S) groups is 1. The molecule has 0 aliphatic heterocycles. The number of nitrogens with two attached hydrogens (primary N) is 1. The molecule has 3 fully saturated rings. The fourth-order valence-electron chi connectivity index (χ4n) is 4.58. The van der Waals surface area contributed by atoms with Gasteiger partial charge in [-0.25, -0.2) is 0 Å². The van der Waals surface area contributed by atoms with Crippen LogP contribution in [0.5, 0.6) is 0 Å². The third-order valence-electron chi connectivity index (χ3n) is 5.77. The SMILES string of the molecule is NC(=S)C1(C(=O)NCC2CC3CCC2C3)CCCC1. The van der Waals surface area contributed by atoms with Crippen LogP contribution in [0.15, 0.2) is 0 Å². The fourth-order valence-corrected chi connectivity index (χ4v) is 4.88. The van der Waals surface area contributed by atoms with Gasteiger partial charge in [-0.3, -0.25) is 4.79 Å². The van der Waals surface area contributed by atoms with Crippen molar-refractivity contribution in [1.82, 2.24) is 5.32 Å². The third-order valence-corrected chi connectivity index (χ3v) is 6.16. The van der Waals surface area contributed by atoms with Gasteiger partial charge in [-0.15, -0.1) is 0 Å². The van der Waals surface area contributed by atoms with E-state index in [-0.39, 0.29) is 5.91 Å². The van der Waals surface area contributed by atoms with Crippen LogP contribution in [0.25, 0.3) is 0 Å². The number of hydrogen-bond acceptors (Lipinski definition) is 2. The van der Waals surface area contributed by atoms with E-state index in [0.717, 1.165) is 44.1 Å². The molecule has 106 valence electrons. The van der Waals surface area contributed by atoms with Crippen LogP contribution < -0.4 is 11.1 Å². The van der Waals surface area contributed by atoms with E-state index in [4.69, 9.17) is 18.0 Å². The van der Waals surface area contributed by atoms with E-state index >= 15 is 0 Å². The van der Waals surface area contributed by atoms with Crippen LogP contribution in [-0.2, 0) is 4.79 Å². The van der Waals surface area contributed by atoms with Crippen LogP contribution in [0.4, 0.5) is 0 Å². The number of hydrogen-bond donors (Lipinski definition) is 2. The number of carbonyl (C=O) groups excluding carboxylic acids is 1. The van der Waals surface area contributed by atoms with Crippen molar-refractivity contribution in [2.75, 3.05) is 6.54 Å². The lowest BCUT2D eigenvalue weighted by atomic mass is 9.84. The van der Waals surface area contributed by atoms with Crippen molar-refractivity contribution in [3.63, 3.8) is 0 Å². The summed E-state index contributed by atoms with van der Waals surface area (Å²) in [6.45, 7) is 0.838. The van der Waals surface area contributed by atoms with Crippen molar-refractivity contribution < 1.29 is 4.79 Å². The molecule has 1 amide bonds. The van der Waals surface area contributed by atoms with Crippen molar-refractivity contribution in [3.8, 4) is 0 Å². The van der Waals surface area contributed by atoms with Crippen LogP contribution in [0.2, 0.25) is 0 Å². The van der Waals surface area contributed by atoms with Gasteiger partial charge < -0.3 is 11.1 Å². The van der Waals surface area contributed by atoms with Crippen LogP contribution in [0.3, 0.4) is 0 Å². The molecule has 0 aromatic carbocycles. The van der Waals surface area contributed by atoms with Crippen LogP contribution in [-0.4, -0.2) is 17.4 Å². The molecule has 3 N–H and O–H groups in total. The number of rotatable bonds is 4. The lowest BCUT2D eigenvalue weighted by Gasteiger charge is -2.28. The quantitative estimate of drug-likeness (QED) is 0.777. The molecule has 0 heterocycles. The van der Waals surface area contributed by atoms with Gasteiger partial charge in [0.2, 0.25) is 5.91 Å². The molecule has 3 saturated carbocycles. The Morgan fingerprint density at radius 1 is 1.26 bits per heavy atom. The van der Waals surface area contributed by atoms with Crippen molar-refractivity contribution in [3.05, 3.63) is 0 Å². The lowest BCUT2D eigenvalue weighted by Crippen LogP contribution is -2.48. The van der Waals surface area contributed by atoms with Gasteiger partial charge >= 0.3 is 0 Å². The van der Waals surface area contributed by atoms with E-state index in [2.05, 4.69) is 5.32 Å². The maximum atomic E-state index is 12.5. The van der Waals surface area contributed by atoms with Crippen molar-refractivity contribution in [2.45, 2.75) is 51.4 Å². The van der Waals surface area contributed by atoms with Crippen molar-refractivity contribution in [1.29, 1.82) is 0 Å². The first-order valence-electron chi connectivity index (χ1n) is 7.70. The Morgan fingerprint density at radius 3 is 2.53 bits per heavy atom. The maximum Gasteiger partial charge on any atom is 0.233 e. The molecule has 3 atom stereocenters. The number of fused-ring (bicyclic) bond motifs is 2. The smallest absolute Gasteiger partial charge is 0.233 e. The second kappa shape index (κ2) is 5.04. The Bertz CT molecular complexity index is 390. The molecule has 3 aliphatic rings. The van der Waals surface area contributed by atoms with Gasteiger partial charge in [0, 0.05) is 6.54 Å². The molecule has 0 radical (unpaired) electrons. The zero-order valence-electron chi connectivity index (χ0n) is 11.5. The third kappa shape index (κ3) is 2.28. The summed E-state index contributed by atoms with van der Waals surface area (Å²) in [5.41, 5.74) is 5.31. The molecule has 0 aromatic rings. The predicted molar refractivity (Wildman–Crippen MR) is 79.6 cm³/mol. The second-order valence-corrected chi connectivity index (χ2v) is 7.24. The predicted octanol–water partition coefficient (Wildman–Crippen LogP) is 2.39. The summed E-state index contributed by atoms with van der Waals surface area (Å²) < 4.78 is 0. The van der Waals surface area contributed by atoms with Gasteiger partial charge in [-0.1, -0.05) is 31.5 Å². The van der Waals surface area contributed by atoms with Crippen LogP contribution >= 0.6 is 12.2 Å². The van der Waals surface area contributed by atoms with Crippen LogP contribution in [0, 0.1) is 23.2 Å². The zero-order chi connectivity index (χ0) is 13.5. The minimum Gasteiger partial charge on any atom is -0.392 e. The highest BCUT2D eigenvalue weighted by Crippen LogP contribution is 2.48. The van der Waals surface area contributed by atoms with Crippen molar-refractivity contribution >= 4 is 23.1 Å². The average molecular weight is 280 g/mol. The Kier molecular flexibility index (Phi) is 3.54. The highest BCUT2D eigenvalue weighted by atomic mass is 32.1. The Morgan fingerprint density at radius 2 is 2.00 bits per heavy atom. The first-order valence-corrected chi connectivity index (χ1v) is 8.11. The Hall–Kier alpha value is -0.640. The van der Waals surface area contributed by atoms with E-state index in [0.29, 0.717) is 10.9 Å². The summed E-state index contributed by atoms with van der Waals surface area (Å²) in [6.07, 6.45) is 9.29. The maximum absolute atomic E-state index is 12.5. The lowest BCUT2D eigenvalue weighted by molar-refractivity contribution is -0.127. The van der Waals surface area contributed by atoms with E-state index in [1.807, 2.05) is 0 Å². The molecule has 3 nitrogen and oxygen atoms in total. The molecule has 0 spiro atoms. The number of nitrogens with one attached hydrogen (secondary N) is 1. The first kappa shape index (κ1) is 13.3. The molecule has 0 saturated heterocycles. The minimum absolute atomic E-state index is 0.0975. The van der Waals surface area contributed by atoms with Crippen LogP contribution in [0.1, 0.15) is 51.4 Å². The number of amides is 1. The summed E-state index contributed by atoms with van der Waals surface area (Å²) in [4.78, 5) is 12.9. The highest BCUT2D eigenvalue weighted by molar-refractivity contribution is 7.80. The van der Waals surface area contributed by atoms with Gasteiger partial charge in [0.15, 0.2) is 0 Å². The molecular weight excluding hydrogens is 256 g/mol. The standard InChI is InChI=1S/C15H24N2OS/c16-13(19)15(5-1-2-6-15)14(18)17-9-12-8-10-3-4-11(12)7-10/h10-12H,1-9H2,(H2,16,19)(H,17,18). The van der Waals surface area contributed by atoms with E-state index in [1.54, 1.807) is 0 Å². The van der Waals surface area contributed by atoms with E-state index in [1.165, 1.54) is 25.7 Å². The summed E-state index contributed by atoms with van der Waals surface area (Å²) in [5, 5.41) is 3.17. The number of carbonyl (C=O) groups is 1. The monoisotopic (exact) mass is 280 g/mol. The zero-order valence-corrected chi connectivity index (χ0v) is 12.3. The molecule has 0 aromatic heterocycles. The Balaban J connectivity index is 1.57. The van der Waals surface area contributed by atoms with Gasteiger partial charge in [0.1, 0.15) is 0 Å². The van der Waals surface area contributed by atoms with E-state index in [9.17, 15) is 4.79 Å². The van der Waals surface area contributed by atoms with Crippen molar-refractivity contribution in [2.24, 2.45) is 28.9 Å². The first-order chi connectivity index (χ1) is 9.12. The summed E-state index contributed by atoms with van der Waals surface area (Å²) >= 11 is 5.16. The summed E-state index contributed by atoms with van der Waals surface area (Å²) in [6, 6.07) is 0. The van der Waals surface area contributed by atoms with Gasteiger partial charge in [0.05, 0.1) is 10.4 Å². The van der Waals surface area contributed by atoms with Gasteiger partial charge in [-0.05, 0) is 49.9 Å². The molecule has 2 bridgehead atoms. The second-order valence-electron chi connectivity index (χ2n) is 6.80. The fraction of sp³-hybridized carbons (Fsp3) is 0.867. The summed E-state index contributed by atoms with van der Waals surface area (Å²) in [5.74, 6) is 2.59. The van der Waals surface area contributed by atoms with Gasteiger partial charge in [0.25, 0.3) is 0 Å². The van der Waals surface area contributed by atoms with E-state index < -0.39 is 5.41 Å². The molecule has 4 heteroatoms. The minimum atomic E-state index is -0.535. The molecular formula is C15H24N2OS. The molecule has 19 heavy (non-hydrogen) atoms. The average Bonchev–Trinajstić information content (AvgIpc) is 3.10. The summed E-state index contributed by atoms with van der Waals surface area (Å²) in [7, 11) is 0. The van der Waals surface area contributed by atoms with Gasteiger partial charge in [-0.2, -0.15) is 0 Å². The molecule has 3 aliphatic carbocycles. The molecule has 3 unspecified atom stereocenters. The topological polar surface area (TPSA) is 55.1 Å². The molecule has 3 rings (SSSR count). The Labute approximate surface area is 120 Å².